The van der Waals surface area contributed by atoms with Crippen LogP contribution in [0.3, 0.4) is 0 Å². The number of hydrogen-bond acceptors (Lipinski definition) is 8. The first-order valence-corrected chi connectivity index (χ1v) is 15.2. The average molecular weight is 571 g/mol. The lowest BCUT2D eigenvalue weighted by molar-refractivity contribution is -0.135. The van der Waals surface area contributed by atoms with Gasteiger partial charge in [0.25, 0.3) is 0 Å². The van der Waals surface area contributed by atoms with Crippen LogP contribution in [-0.4, -0.2) is 39.0 Å². The number of benzene rings is 1. The van der Waals surface area contributed by atoms with E-state index in [1.54, 1.807) is 19.1 Å². The highest BCUT2D eigenvalue weighted by Crippen LogP contribution is 2.65. The predicted molar refractivity (Wildman–Crippen MR) is 145 cm³/mol. The normalized spacial score (nSPS) is 35.6. The Morgan fingerprint density at radius 1 is 1.12 bits per heavy atom. The molecular formula is C29H34N2O8S. The minimum Gasteiger partial charge on any atom is -0.454 e. The van der Waals surface area contributed by atoms with E-state index in [0.717, 1.165) is 18.4 Å². The molecule has 0 bridgehead atoms. The number of hydrogen-bond donors (Lipinski definition) is 2. The Kier molecular flexibility index (Phi) is 6.28. The Hall–Kier alpha value is -3.34. The fourth-order valence-electron chi connectivity index (χ4n) is 8.28. The third-order valence-corrected chi connectivity index (χ3v) is 11.0. The summed E-state index contributed by atoms with van der Waals surface area (Å²) in [5.74, 6) is 1.02. The largest absolute Gasteiger partial charge is 0.454 e. The number of allylic oxidation sites excluding steroid dienone is 4. The number of rotatable bonds is 5. The molecule has 2 saturated carbocycles. The van der Waals surface area contributed by atoms with Gasteiger partial charge in [-0.05, 0) is 79.1 Å². The molecule has 4 aliphatic carbocycles. The topological polar surface area (TPSA) is 137 Å². The number of ether oxygens (including phenoxy) is 3. The summed E-state index contributed by atoms with van der Waals surface area (Å²) in [5, 5.41) is 0. The quantitative estimate of drug-likeness (QED) is 0.535. The highest BCUT2D eigenvalue weighted by molar-refractivity contribution is 7.91. The van der Waals surface area contributed by atoms with Gasteiger partial charge in [-0.25, -0.2) is 9.52 Å². The lowest BCUT2D eigenvalue weighted by Gasteiger charge is -2.58. The molecule has 0 spiro atoms. The first kappa shape index (κ1) is 26.9. The van der Waals surface area contributed by atoms with E-state index in [-0.39, 0.29) is 47.7 Å². The van der Waals surface area contributed by atoms with Gasteiger partial charge >= 0.3 is 16.3 Å². The number of fused-ring (bicyclic) bond motifs is 6. The Labute approximate surface area is 233 Å². The fraction of sp³-hybridized carbons (Fsp3) is 0.552. The Balaban J connectivity index is 1.27. The van der Waals surface area contributed by atoms with Crippen molar-refractivity contribution in [2.45, 2.75) is 59.0 Å². The average Bonchev–Trinajstić information content (AvgIpc) is 3.47. The molecule has 0 aromatic heterocycles. The van der Waals surface area contributed by atoms with Crippen LogP contribution >= 0.6 is 0 Å². The summed E-state index contributed by atoms with van der Waals surface area (Å²) in [6.45, 7) is 5.87. The van der Waals surface area contributed by atoms with Crippen LogP contribution in [0.4, 0.5) is 10.5 Å². The lowest BCUT2D eigenvalue weighted by atomic mass is 9.47. The number of ketones is 2. The number of amides is 1. The monoisotopic (exact) mass is 570 g/mol. The van der Waals surface area contributed by atoms with Crippen LogP contribution in [0.1, 0.15) is 52.9 Å². The molecule has 2 N–H and O–H groups in total. The van der Waals surface area contributed by atoms with E-state index in [9.17, 15) is 22.8 Å². The minimum absolute atomic E-state index is 0.0274. The van der Waals surface area contributed by atoms with Crippen molar-refractivity contribution >= 4 is 33.6 Å². The van der Waals surface area contributed by atoms with Gasteiger partial charge in [-0.2, -0.15) is 8.42 Å². The first-order valence-electron chi connectivity index (χ1n) is 13.7. The van der Waals surface area contributed by atoms with Gasteiger partial charge in [0.15, 0.2) is 17.3 Å². The second-order valence-corrected chi connectivity index (χ2v) is 13.6. The third-order valence-electron chi connectivity index (χ3n) is 10.0. The maximum atomic E-state index is 13.2. The number of Topliss-reactive ketones (excluding diaryl/α,β-unsaturated/α-hetero) is 1. The molecule has 1 amide bonds. The van der Waals surface area contributed by atoms with E-state index < -0.39 is 33.2 Å². The van der Waals surface area contributed by atoms with Crippen LogP contribution in [0.5, 0.6) is 11.5 Å². The predicted octanol–water partition coefficient (Wildman–Crippen LogP) is 4.29. The molecule has 1 aliphatic heterocycles. The van der Waals surface area contributed by atoms with Crippen molar-refractivity contribution in [2.75, 3.05) is 11.5 Å². The first-order chi connectivity index (χ1) is 18.9. The SMILES string of the molecule is CC(=O)[C@H]1CC[C@H]2[C@@H]3C=CC4=CC(=O)CC[C@@]4(C)C3[C@@H](OC(=O)NS(=O)(=O)Nc3ccc4c(c3)OCO4)C[C@]12C. The molecule has 1 unspecified atom stereocenters. The zero-order valence-electron chi connectivity index (χ0n) is 22.8. The molecule has 214 valence electrons. The molecule has 11 heteroatoms. The number of nitrogens with one attached hydrogen (secondary N) is 2. The van der Waals surface area contributed by atoms with Crippen LogP contribution in [0, 0.1) is 34.5 Å². The highest BCUT2D eigenvalue weighted by Gasteiger charge is 2.63. The van der Waals surface area contributed by atoms with Crippen LogP contribution in [0.2, 0.25) is 0 Å². The zero-order chi connectivity index (χ0) is 28.4. The summed E-state index contributed by atoms with van der Waals surface area (Å²) < 4.78 is 46.5. The summed E-state index contributed by atoms with van der Waals surface area (Å²) in [6.07, 6.45) is 7.23. The van der Waals surface area contributed by atoms with Crippen molar-refractivity contribution in [2.24, 2.45) is 34.5 Å². The van der Waals surface area contributed by atoms with Crippen LogP contribution in [0.25, 0.3) is 0 Å². The summed E-state index contributed by atoms with van der Waals surface area (Å²) in [4.78, 5) is 38.1. The molecule has 6 rings (SSSR count). The molecule has 1 aromatic rings. The smallest absolute Gasteiger partial charge is 0.422 e. The fourth-order valence-corrected chi connectivity index (χ4v) is 9.04. The molecule has 0 saturated heterocycles. The highest BCUT2D eigenvalue weighted by atomic mass is 32.2. The summed E-state index contributed by atoms with van der Waals surface area (Å²) in [6, 6.07) is 4.54. The second kappa shape index (κ2) is 9.36. The van der Waals surface area contributed by atoms with Gasteiger partial charge in [0.1, 0.15) is 11.9 Å². The van der Waals surface area contributed by atoms with E-state index in [0.29, 0.717) is 30.8 Å². The molecule has 7 atom stereocenters. The molecule has 10 nitrogen and oxygen atoms in total. The van der Waals surface area contributed by atoms with Crippen molar-refractivity contribution in [1.29, 1.82) is 0 Å². The van der Waals surface area contributed by atoms with E-state index in [2.05, 4.69) is 24.6 Å². The van der Waals surface area contributed by atoms with Crippen molar-refractivity contribution in [1.82, 2.24) is 4.72 Å². The third kappa shape index (κ3) is 4.38. The maximum absolute atomic E-state index is 13.2. The molecular weight excluding hydrogens is 536 g/mol. The van der Waals surface area contributed by atoms with Gasteiger partial charge in [0, 0.05) is 24.3 Å². The summed E-state index contributed by atoms with van der Waals surface area (Å²) in [5.41, 5.74) is 0.297. The van der Waals surface area contributed by atoms with Crippen molar-refractivity contribution in [3.05, 3.63) is 42.0 Å². The van der Waals surface area contributed by atoms with Gasteiger partial charge in [0.2, 0.25) is 6.79 Å². The van der Waals surface area contributed by atoms with E-state index in [1.165, 1.54) is 12.1 Å². The number of anilines is 1. The maximum Gasteiger partial charge on any atom is 0.422 e. The van der Waals surface area contributed by atoms with Crippen LogP contribution in [-0.2, 0) is 24.5 Å². The number of carbonyl (C=O) groups is 3. The summed E-state index contributed by atoms with van der Waals surface area (Å²) >= 11 is 0. The van der Waals surface area contributed by atoms with Crippen LogP contribution < -0.4 is 18.9 Å². The van der Waals surface area contributed by atoms with Crippen LogP contribution in [0.15, 0.2) is 42.0 Å². The van der Waals surface area contributed by atoms with Gasteiger partial charge in [-0.1, -0.05) is 26.0 Å². The van der Waals surface area contributed by atoms with Crippen molar-refractivity contribution in [3.8, 4) is 11.5 Å². The molecule has 0 radical (unpaired) electrons. The Morgan fingerprint density at radius 3 is 2.67 bits per heavy atom. The molecule has 40 heavy (non-hydrogen) atoms. The van der Waals surface area contributed by atoms with Gasteiger partial charge in [-0.15, -0.1) is 0 Å². The Morgan fingerprint density at radius 2 is 1.90 bits per heavy atom. The van der Waals surface area contributed by atoms with E-state index in [4.69, 9.17) is 14.2 Å². The number of carbonyl (C=O) groups excluding carboxylic acids is 3. The molecule has 2 fully saturated rings. The van der Waals surface area contributed by atoms with Gasteiger partial charge in [0.05, 0.1) is 5.69 Å². The zero-order valence-corrected chi connectivity index (χ0v) is 23.6. The summed E-state index contributed by atoms with van der Waals surface area (Å²) in [7, 11) is -4.33. The molecule has 1 aromatic carbocycles. The molecule has 1 heterocycles. The second-order valence-electron chi connectivity index (χ2n) is 12.2. The van der Waals surface area contributed by atoms with Crippen molar-refractivity contribution in [3.63, 3.8) is 0 Å². The standard InChI is InChI=1S/C29H34N2O8S/c1-16(32)21-7-8-22-20-6-4-17-12-19(33)10-11-28(17,2)26(20)25(14-29(21,22)3)39-27(34)31-40(35,36)30-18-5-9-23-24(13-18)38-15-37-23/h4-6,9,12-13,20-22,25-26,30H,7-8,10-11,14-15H2,1-3H3,(H,31,34)/t20-,21+,22-,25-,26?,28+,29+/m0/s1. The lowest BCUT2D eigenvalue weighted by Crippen LogP contribution is -2.57. The van der Waals surface area contributed by atoms with E-state index >= 15 is 0 Å². The van der Waals surface area contributed by atoms with Gasteiger partial charge < -0.3 is 14.2 Å². The molecule has 5 aliphatic rings. The Bertz CT molecular complexity index is 1450. The minimum atomic E-state index is -4.33. The van der Waals surface area contributed by atoms with Crippen molar-refractivity contribution < 1.29 is 37.0 Å². The van der Waals surface area contributed by atoms with Gasteiger partial charge in [-0.3, -0.25) is 14.3 Å². The van der Waals surface area contributed by atoms with E-state index in [1.807, 2.05) is 10.8 Å².